The smallest absolute Gasteiger partial charge is 0.102 e. The fraction of sp³-hybridized carbons (Fsp3) is 0.250. The first-order chi connectivity index (χ1) is 9.80. The number of nitriles is 1. The van der Waals surface area contributed by atoms with E-state index in [-0.39, 0.29) is 0 Å². The SMILES string of the molecule is CCc1cccnc1CNc1cccc(SC)c1C#N. The van der Waals surface area contributed by atoms with Crippen LogP contribution in [0.5, 0.6) is 0 Å². The maximum absolute atomic E-state index is 9.31. The molecule has 0 atom stereocenters. The summed E-state index contributed by atoms with van der Waals surface area (Å²) in [6.07, 6.45) is 4.74. The summed E-state index contributed by atoms with van der Waals surface area (Å²) in [5.41, 5.74) is 3.84. The Morgan fingerprint density at radius 3 is 2.85 bits per heavy atom. The largest absolute Gasteiger partial charge is 0.378 e. The number of thioether (sulfide) groups is 1. The summed E-state index contributed by atoms with van der Waals surface area (Å²) in [5, 5.41) is 12.6. The number of hydrogen-bond acceptors (Lipinski definition) is 4. The van der Waals surface area contributed by atoms with Crippen molar-refractivity contribution in [2.24, 2.45) is 0 Å². The van der Waals surface area contributed by atoms with Gasteiger partial charge in [0, 0.05) is 11.1 Å². The van der Waals surface area contributed by atoms with Gasteiger partial charge in [-0.2, -0.15) is 5.26 Å². The summed E-state index contributed by atoms with van der Waals surface area (Å²) in [7, 11) is 0. The molecule has 0 radical (unpaired) electrons. The van der Waals surface area contributed by atoms with Crippen molar-refractivity contribution in [3.8, 4) is 6.07 Å². The highest BCUT2D eigenvalue weighted by atomic mass is 32.2. The van der Waals surface area contributed by atoms with E-state index in [1.54, 1.807) is 18.0 Å². The van der Waals surface area contributed by atoms with E-state index >= 15 is 0 Å². The van der Waals surface area contributed by atoms with Crippen LogP contribution < -0.4 is 5.32 Å². The van der Waals surface area contributed by atoms with Crippen molar-refractivity contribution in [2.45, 2.75) is 24.8 Å². The molecule has 1 heterocycles. The van der Waals surface area contributed by atoms with Gasteiger partial charge < -0.3 is 5.32 Å². The van der Waals surface area contributed by atoms with E-state index in [1.807, 2.05) is 30.5 Å². The summed E-state index contributed by atoms with van der Waals surface area (Å²) < 4.78 is 0. The zero-order valence-electron chi connectivity index (χ0n) is 11.7. The molecule has 4 heteroatoms. The Hall–Kier alpha value is -1.99. The standard InChI is InChI=1S/C16H17N3S/c1-3-12-6-5-9-18-15(12)11-19-14-7-4-8-16(20-2)13(14)10-17/h4-9,19H,3,11H2,1-2H3. The molecule has 2 aromatic rings. The molecule has 0 aliphatic heterocycles. The zero-order chi connectivity index (χ0) is 14.4. The number of nitrogens with zero attached hydrogens (tertiary/aromatic N) is 2. The quantitative estimate of drug-likeness (QED) is 0.847. The lowest BCUT2D eigenvalue weighted by atomic mass is 10.1. The lowest BCUT2D eigenvalue weighted by molar-refractivity contribution is 0.970. The van der Waals surface area contributed by atoms with Crippen LogP contribution >= 0.6 is 11.8 Å². The van der Waals surface area contributed by atoms with Gasteiger partial charge >= 0.3 is 0 Å². The molecule has 0 saturated heterocycles. The normalized spacial score (nSPS) is 10.1. The third kappa shape index (κ3) is 3.12. The fourth-order valence-electron chi connectivity index (χ4n) is 2.10. The minimum atomic E-state index is 0.635. The van der Waals surface area contributed by atoms with Gasteiger partial charge in [0.15, 0.2) is 0 Å². The molecule has 1 aromatic heterocycles. The summed E-state index contributed by atoms with van der Waals surface area (Å²) in [5.74, 6) is 0. The highest BCUT2D eigenvalue weighted by molar-refractivity contribution is 7.98. The Balaban J connectivity index is 2.21. The van der Waals surface area contributed by atoms with Crippen LogP contribution in [0.3, 0.4) is 0 Å². The molecule has 0 fully saturated rings. The first-order valence-electron chi connectivity index (χ1n) is 6.53. The van der Waals surface area contributed by atoms with Gasteiger partial charge in [-0.05, 0) is 36.4 Å². The Labute approximate surface area is 124 Å². The van der Waals surface area contributed by atoms with Gasteiger partial charge in [0.2, 0.25) is 0 Å². The van der Waals surface area contributed by atoms with Crippen molar-refractivity contribution in [1.82, 2.24) is 4.98 Å². The van der Waals surface area contributed by atoms with Crippen LogP contribution in [0.4, 0.5) is 5.69 Å². The molecule has 0 spiro atoms. The maximum Gasteiger partial charge on any atom is 0.102 e. The Kier molecular flexibility index (Phi) is 5.03. The topological polar surface area (TPSA) is 48.7 Å². The van der Waals surface area contributed by atoms with Crippen LogP contribution in [0, 0.1) is 11.3 Å². The molecule has 0 amide bonds. The lowest BCUT2D eigenvalue weighted by Crippen LogP contribution is -2.06. The van der Waals surface area contributed by atoms with E-state index in [2.05, 4.69) is 29.4 Å². The van der Waals surface area contributed by atoms with Gasteiger partial charge in [-0.3, -0.25) is 4.98 Å². The van der Waals surface area contributed by atoms with E-state index in [9.17, 15) is 5.26 Å². The number of hydrogen-bond donors (Lipinski definition) is 1. The molecule has 1 N–H and O–H groups in total. The summed E-state index contributed by atoms with van der Waals surface area (Å²) in [6, 6.07) is 12.2. The van der Waals surface area contributed by atoms with E-state index in [1.165, 1.54) is 5.56 Å². The predicted molar refractivity (Wildman–Crippen MR) is 83.9 cm³/mol. The molecule has 0 aliphatic carbocycles. The third-order valence-electron chi connectivity index (χ3n) is 3.17. The average Bonchev–Trinajstić information content (AvgIpc) is 2.52. The number of nitrogens with one attached hydrogen (secondary N) is 1. The van der Waals surface area contributed by atoms with E-state index in [4.69, 9.17) is 0 Å². The van der Waals surface area contributed by atoms with Crippen LogP contribution in [0.1, 0.15) is 23.7 Å². The molecular weight excluding hydrogens is 266 g/mol. The van der Waals surface area contributed by atoms with Crippen molar-refractivity contribution in [3.05, 3.63) is 53.3 Å². The van der Waals surface area contributed by atoms with Crippen LogP contribution in [0.15, 0.2) is 41.4 Å². The summed E-state index contributed by atoms with van der Waals surface area (Å²) in [6.45, 7) is 2.76. The predicted octanol–water partition coefficient (Wildman–Crippen LogP) is 3.85. The molecule has 2 rings (SSSR count). The Bertz CT molecular complexity index is 632. The number of benzene rings is 1. The van der Waals surface area contributed by atoms with Gasteiger partial charge in [0.1, 0.15) is 6.07 Å². The molecule has 0 saturated carbocycles. The number of pyridine rings is 1. The Morgan fingerprint density at radius 2 is 2.15 bits per heavy atom. The second-order valence-corrected chi connectivity index (χ2v) is 5.16. The van der Waals surface area contributed by atoms with Gasteiger partial charge in [0.05, 0.1) is 23.5 Å². The molecule has 3 nitrogen and oxygen atoms in total. The monoisotopic (exact) mass is 283 g/mol. The third-order valence-corrected chi connectivity index (χ3v) is 3.95. The van der Waals surface area contributed by atoms with E-state index in [0.717, 1.165) is 22.7 Å². The van der Waals surface area contributed by atoms with Crippen LogP contribution in [-0.4, -0.2) is 11.2 Å². The minimum absolute atomic E-state index is 0.635. The first kappa shape index (κ1) is 14.4. The van der Waals surface area contributed by atoms with Crippen molar-refractivity contribution >= 4 is 17.4 Å². The number of aromatic nitrogens is 1. The maximum atomic E-state index is 9.31. The molecular formula is C16H17N3S. The number of rotatable bonds is 5. The lowest BCUT2D eigenvalue weighted by Gasteiger charge is -2.12. The molecule has 1 aromatic carbocycles. The fourth-order valence-corrected chi connectivity index (χ4v) is 2.67. The van der Waals surface area contributed by atoms with E-state index < -0.39 is 0 Å². The molecule has 20 heavy (non-hydrogen) atoms. The van der Waals surface area contributed by atoms with E-state index in [0.29, 0.717) is 12.1 Å². The second-order valence-electron chi connectivity index (χ2n) is 4.31. The van der Waals surface area contributed by atoms with Crippen molar-refractivity contribution in [3.63, 3.8) is 0 Å². The molecule has 0 aliphatic rings. The molecule has 0 bridgehead atoms. The van der Waals surface area contributed by atoms with Crippen LogP contribution in [0.25, 0.3) is 0 Å². The summed E-state index contributed by atoms with van der Waals surface area (Å²) in [4.78, 5) is 5.41. The highest BCUT2D eigenvalue weighted by Gasteiger charge is 2.08. The zero-order valence-corrected chi connectivity index (χ0v) is 12.5. The van der Waals surface area contributed by atoms with Gasteiger partial charge in [-0.15, -0.1) is 11.8 Å². The van der Waals surface area contributed by atoms with Gasteiger partial charge in [-0.1, -0.05) is 19.1 Å². The molecule has 0 unspecified atom stereocenters. The van der Waals surface area contributed by atoms with Crippen molar-refractivity contribution in [1.29, 1.82) is 5.26 Å². The highest BCUT2D eigenvalue weighted by Crippen LogP contribution is 2.26. The van der Waals surface area contributed by atoms with Crippen LogP contribution in [-0.2, 0) is 13.0 Å². The minimum Gasteiger partial charge on any atom is -0.378 e. The first-order valence-corrected chi connectivity index (χ1v) is 7.76. The second kappa shape index (κ2) is 6.97. The van der Waals surface area contributed by atoms with Crippen molar-refractivity contribution < 1.29 is 0 Å². The summed E-state index contributed by atoms with van der Waals surface area (Å²) >= 11 is 1.59. The van der Waals surface area contributed by atoms with Gasteiger partial charge in [-0.25, -0.2) is 0 Å². The number of anilines is 1. The van der Waals surface area contributed by atoms with Crippen LogP contribution in [0.2, 0.25) is 0 Å². The number of aryl methyl sites for hydroxylation is 1. The molecule has 102 valence electrons. The van der Waals surface area contributed by atoms with Crippen molar-refractivity contribution in [2.75, 3.05) is 11.6 Å². The van der Waals surface area contributed by atoms with Gasteiger partial charge in [0.25, 0.3) is 0 Å². The Morgan fingerprint density at radius 1 is 1.30 bits per heavy atom. The average molecular weight is 283 g/mol.